The van der Waals surface area contributed by atoms with E-state index in [1.165, 1.54) is 5.56 Å². The van der Waals surface area contributed by atoms with E-state index in [-0.39, 0.29) is 5.78 Å². The molecule has 0 spiro atoms. The van der Waals surface area contributed by atoms with E-state index in [4.69, 9.17) is 0 Å². The third-order valence-corrected chi connectivity index (χ3v) is 9.34. The van der Waals surface area contributed by atoms with Gasteiger partial charge in [-0.05, 0) is 30.5 Å². The van der Waals surface area contributed by atoms with E-state index >= 15 is 4.57 Å². The lowest BCUT2D eigenvalue weighted by Crippen LogP contribution is -2.26. The van der Waals surface area contributed by atoms with Crippen LogP contribution in [0.1, 0.15) is 17.8 Å². The molecule has 4 aromatic carbocycles. The first-order valence-corrected chi connectivity index (χ1v) is 12.6. The molecule has 32 heavy (non-hydrogen) atoms. The number of nitrogens with zero attached hydrogens (tertiary/aromatic N) is 3. The average Bonchev–Trinajstić information content (AvgIpc) is 3.29. The van der Waals surface area contributed by atoms with Crippen LogP contribution < -0.4 is 10.6 Å². The summed E-state index contributed by atoms with van der Waals surface area (Å²) in [6.07, 6.45) is 1.47. The van der Waals surface area contributed by atoms with Crippen LogP contribution in [-0.2, 0) is 11.0 Å². The first-order valence-electron chi connectivity index (χ1n) is 10.8. The standard InChI is InChI=1S/C27H24N3OP/c31-32(23-14-6-2-7-15-23,24-16-8-3-9-17-24)27(21-20-22-12-4-1-5-13-22)30-26-19-11-10-18-25(26)28-29-30/h1-19,27H,20-21H2. The lowest BCUT2D eigenvalue weighted by molar-refractivity contribution is 0.508. The minimum Gasteiger partial charge on any atom is -0.311 e. The number of fused-ring (bicyclic) bond motifs is 1. The highest BCUT2D eigenvalue weighted by Crippen LogP contribution is 2.57. The highest BCUT2D eigenvalue weighted by Gasteiger charge is 2.39. The fourth-order valence-corrected chi connectivity index (χ4v) is 7.49. The Morgan fingerprint density at radius 3 is 1.84 bits per heavy atom. The largest absolute Gasteiger partial charge is 0.311 e. The second kappa shape index (κ2) is 8.94. The number of rotatable bonds is 7. The van der Waals surface area contributed by atoms with Crippen molar-refractivity contribution in [3.8, 4) is 0 Å². The zero-order valence-corrected chi connectivity index (χ0v) is 18.6. The molecular weight excluding hydrogens is 413 g/mol. The van der Waals surface area contributed by atoms with Crippen molar-refractivity contribution in [3.05, 3.63) is 121 Å². The van der Waals surface area contributed by atoms with Crippen LogP contribution in [0, 0.1) is 0 Å². The first-order chi connectivity index (χ1) is 15.8. The molecule has 0 radical (unpaired) electrons. The van der Waals surface area contributed by atoms with E-state index in [9.17, 15) is 0 Å². The van der Waals surface area contributed by atoms with Crippen LogP contribution in [0.15, 0.2) is 115 Å². The summed E-state index contributed by atoms with van der Waals surface area (Å²) >= 11 is 0. The van der Waals surface area contributed by atoms with Crippen molar-refractivity contribution in [2.75, 3.05) is 0 Å². The van der Waals surface area contributed by atoms with Crippen molar-refractivity contribution in [2.45, 2.75) is 18.6 Å². The zero-order valence-electron chi connectivity index (χ0n) is 17.7. The number of hydrogen-bond donors (Lipinski definition) is 0. The topological polar surface area (TPSA) is 47.8 Å². The minimum absolute atomic E-state index is 0.361. The van der Waals surface area contributed by atoms with Gasteiger partial charge in [-0.1, -0.05) is 108 Å². The highest BCUT2D eigenvalue weighted by molar-refractivity contribution is 7.78. The summed E-state index contributed by atoms with van der Waals surface area (Å²) in [4.78, 5) is 0. The monoisotopic (exact) mass is 437 g/mol. The number of aryl methyl sites for hydroxylation is 1. The van der Waals surface area contributed by atoms with Crippen LogP contribution in [0.25, 0.3) is 11.0 Å². The maximum Gasteiger partial charge on any atom is 0.166 e. The van der Waals surface area contributed by atoms with Crippen LogP contribution in [0.4, 0.5) is 0 Å². The van der Waals surface area contributed by atoms with Gasteiger partial charge in [-0.15, -0.1) is 5.10 Å². The Balaban J connectivity index is 1.70. The zero-order chi connectivity index (χ0) is 21.8. The van der Waals surface area contributed by atoms with Gasteiger partial charge in [0.2, 0.25) is 0 Å². The molecule has 0 aliphatic carbocycles. The molecule has 0 saturated heterocycles. The first kappa shape index (κ1) is 20.4. The molecule has 0 fully saturated rings. The molecule has 0 saturated carbocycles. The Labute approximate surface area is 187 Å². The predicted molar refractivity (Wildman–Crippen MR) is 131 cm³/mol. The van der Waals surface area contributed by atoms with Gasteiger partial charge in [-0.25, -0.2) is 4.68 Å². The smallest absolute Gasteiger partial charge is 0.166 e. The van der Waals surface area contributed by atoms with Crippen LogP contribution >= 0.6 is 7.14 Å². The molecule has 0 amide bonds. The van der Waals surface area contributed by atoms with Gasteiger partial charge in [-0.3, -0.25) is 0 Å². The lowest BCUT2D eigenvalue weighted by atomic mass is 10.1. The number of benzene rings is 4. The fourth-order valence-electron chi connectivity index (χ4n) is 4.30. The molecule has 4 nitrogen and oxygen atoms in total. The van der Waals surface area contributed by atoms with Gasteiger partial charge >= 0.3 is 0 Å². The molecule has 5 rings (SSSR count). The third kappa shape index (κ3) is 3.79. The Bertz CT molecular complexity index is 1310. The molecule has 1 atom stereocenters. The molecule has 5 heteroatoms. The molecule has 0 bridgehead atoms. The van der Waals surface area contributed by atoms with Crippen LogP contribution in [0.2, 0.25) is 0 Å². The minimum atomic E-state index is -3.10. The molecule has 1 heterocycles. The Morgan fingerprint density at radius 2 is 1.22 bits per heavy atom. The summed E-state index contributed by atoms with van der Waals surface area (Å²) in [5, 5.41) is 10.6. The lowest BCUT2D eigenvalue weighted by Gasteiger charge is -2.29. The second-order valence-corrected chi connectivity index (χ2v) is 10.8. The van der Waals surface area contributed by atoms with Gasteiger partial charge in [0.15, 0.2) is 7.14 Å². The van der Waals surface area contributed by atoms with E-state index < -0.39 is 7.14 Å². The average molecular weight is 437 g/mol. The maximum atomic E-state index is 15.2. The van der Waals surface area contributed by atoms with E-state index in [1.54, 1.807) is 0 Å². The molecule has 158 valence electrons. The van der Waals surface area contributed by atoms with Crippen molar-refractivity contribution in [2.24, 2.45) is 0 Å². The van der Waals surface area contributed by atoms with Crippen molar-refractivity contribution in [3.63, 3.8) is 0 Å². The molecule has 1 unspecified atom stereocenters. The van der Waals surface area contributed by atoms with Gasteiger partial charge in [0.05, 0.1) is 5.52 Å². The summed E-state index contributed by atoms with van der Waals surface area (Å²) in [7, 11) is -3.10. The molecule has 1 aromatic heterocycles. The van der Waals surface area contributed by atoms with E-state index in [2.05, 4.69) is 22.4 Å². The van der Waals surface area contributed by atoms with Crippen LogP contribution in [-0.4, -0.2) is 15.0 Å². The molecule has 5 aromatic rings. The van der Waals surface area contributed by atoms with E-state index in [0.29, 0.717) is 6.42 Å². The summed E-state index contributed by atoms with van der Waals surface area (Å²) in [5.74, 6) is -0.361. The van der Waals surface area contributed by atoms with Crippen LogP contribution in [0.3, 0.4) is 0 Å². The van der Waals surface area contributed by atoms with Gasteiger partial charge in [0, 0.05) is 10.6 Å². The van der Waals surface area contributed by atoms with Gasteiger partial charge in [-0.2, -0.15) is 0 Å². The quantitative estimate of drug-likeness (QED) is 0.313. The Morgan fingerprint density at radius 1 is 0.688 bits per heavy atom. The van der Waals surface area contributed by atoms with Crippen molar-refractivity contribution >= 4 is 28.8 Å². The third-order valence-electron chi connectivity index (χ3n) is 5.89. The van der Waals surface area contributed by atoms with Gasteiger partial charge in [0.1, 0.15) is 11.3 Å². The molecular formula is C27H24N3OP. The Hall–Kier alpha value is -3.49. The summed E-state index contributed by atoms with van der Waals surface area (Å²) in [5.41, 5.74) is 2.93. The summed E-state index contributed by atoms with van der Waals surface area (Å²) in [6.45, 7) is 0. The Kier molecular flexibility index (Phi) is 5.70. The van der Waals surface area contributed by atoms with Crippen molar-refractivity contribution < 1.29 is 4.57 Å². The maximum absolute atomic E-state index is 15.2. The summed E-state index contributed by atoms with van der Waals surface area (Å²) < 4.78 is 17.1. The number of aromatic nitrogens is 3. The number of hydrogen-bond acceptors (Lipinski definition) is 3. The van der Waals surface area contributed by atoms with Crippen molar-refractivity contribution in [1.82, 2.24) is 15.0 Å². The molecule has 0 aliphatic rings. The van der Waals surface area contributed by atoms with Crippen molar-refractivity contribution in [1.29, 1.82) is 0 Å². The second-order valence-electron chi connectivity index (χ2n) is 7.86. The normalized spacial score (nSPS) is 12.6. The molecule has 0 N–H and O–H groups in total. The number of para-hydroxylation sites is 1. The van der Waals surface area contributed by atoms with E-state index in [0.717, 1.165) is 28.1 Å². The summed E-state index contributed by atoms with van der Waals surface area (Å²) in [6, 6.07) is 37.9. The molecule has 0 aliphatic heterocycles. The highest BCUT2D eigenvalue weighted by atomic mass is 31.2. The van der Waals surface area contributed by atoms with Gasteiger partial charge in [0.25, 0.3) is 0 Å². The predicted octanol–water partition coefficient (Wildman–Crippen LogP) is 5.58. The van der Waals surface area contributed by atoms with E-state index in [1.807, 2.05) is 108 Å². The van der Waals surface area contributed by atoms with Crippen LogP contribution in [0.5, 0.6) is 0 Å². The fraction of sp³-hybridized carbons (Fsp3) is 0.111. The van der Waals surface area contributed by atoms with Gasteiger partial charge < -0.3 is 4.57 Å². The SMILES string of the molecule is O=P(c1ccccc1)(c1ccccc1)C(CCc1ccccc1)n1nnc2ccccc21.